The molecule has 1 N–H and O–H groups in total. The number of urea groups is 1. The van der Waals surface area contributed by atoms with Crippen molar-refractivity contribution in [1.29, 1.82) is 0 Å². The van der Waals surface area contributed by atoms with Gasteiger partial charge in [0.05, 0.1) is 6.10 Å². The van der Waals surface area contributed by atoms with E-state index in [4.69, 9.17) is 16.3 Å². The highest BCUT2D eigenvalue weighted by Crippen LogP contribution is 2.25. The molecule has 1 aliphatic rings. The Morgan fingerprint density at radius 2 is 2.11 bits per heavy atom. The number of rotatable bonds is 5. The van der Waals surface area contributed by atoms with Crippen molar-refractivity contribution < 1.29 is 9.53 Å². The minimum Gasteiger partial charge on any atom is -0.375 e. The van der Waals surface area contributed by atoms with Crippen LogP contribution in [0.3, 0.4) is 0 Å². The highest BCUT2D eigenvalue weighted by molar-refractivity contribution is 6.30. The lowest BCUT2D eigenvalue weighted by Gasteiger charge is -2.21. The van der Waals surface area contributed by atoms with E-state index in [9.17, 15) is 4.79 Å². The molecule has 1 aromatic rings. The molecule has 19 heavy (non-hydrogen) atoms. The van der Waals surface area contributed by atoms with Crippen LogP contribution in [0.5, 0.6) is 0 Å². The molecule has 0 radical (unpaired) electrons. The first-order valence-corrected chi connectivity index (χ1v) is 6.78. The molecule has 2 rings (SSSR count). The van der Waals surface area contributed by atoms with Crippen LogP contribution in [0, 0.1) is 0 Å². The highest BCUT2D eigenvalue weighted by atomic mass is 35.5. The third-order valence-corrected chi connectivity index (χ3v) is 3.63. The summed E-state index contributed by atoms with van der Waals surface area (Å²) in [6.45, 7) is 0.452. The van der Waals surface area contributed by atoms with E-state index in [0.717, 1.165) is 18.4 Å². The van der Waals surface area contributed by atoms with Crippen LogP contribution in [0.25, 0.3) is 0 Å². The van der Waals surface area contributed by atoms with E-state index in [1.165, 1.54) is 0 Å². The average Bonchev–Trinajstić information content (AvgIpc) is 3.24. The molecule has 1 aliphatic carbocycles. The maximum atomic E-state index is 11.9. The van der Waals surface area contributed by atoms with Crippen LogP contribution in [0.4, 0.5) is 4.79 Å². The van der Waals surface area contributed by atoms with Gasteiger partial charge in [0.15, 0.2) is 0 Å². The van der Waals surface area contributed by atoms with Gasteiger partial charge in [-0.1, -0.05) is 23.7 Å². The van der Waals surface area contributed by atoms with Crippen molar-refractivity contribution in [2.75, 3.05) is 20.7 Å². The van der Waals surface area contributed by atoms with Crippen molar-refractivity contribution in [2.24, 2.45) is 0 Å². The summed E-state index contributed by atoms with van der Waals surface area (Å²) in [5.41, 5.74) is 1.00. The number of ether oxygens (including phenoxy) is 1. The lowest BCUT2D eigenvalue weighted by Crippen LogP contribution is -2.40. The molecule has 1 saturated carbocycles. The summed E-state index contributed by atoms with van der Waals surface area (Å²) in [4.78, 5) is 13.6. The lowest BCUT2D eigenvalue weighted by atomic mass is 10.1. The van der Waals surface area contributed by atoms with E-state index >= 15 is 0 Å². The van der Waals surface area contributed by atoms with Crippen molar-refractivity contribution in [3.63, 3.8) is 0 Å². The van der Waals surface area contributed by atoms with Gasteiger partial charge in [0.2, 0.25) is 0 Å². The topological polar surface area (TPSA) is 41.6 Å². The standard InChI is InChI=1S/C14H19ClN2O2/c1-17(12-7-8-12)14(18)16-9-13(19-2)10-3-5-11(15)6-4-10/h3-6,12-13H,7-9H2,1-2H3,(H,16,18)/t13-/m0/s1. The fourth-order valence-corrected chi connectivity index (χ4v) is 2.07. The second-order valence-corrected chi connectivity index (χ2v) is 5.24. The molecule has 0 aliphatic heterocycles. The van der Waals surface area contributed by atoms with Gasteiger partial charge in [0, 0.05) is 31.8 Å². The zero-order chi connectivity index (χ0) is 13.8. The fraction of sp³-hybridized carbons (Fsp3) is 0.500. The number of nitrogens with zero attached hydrogens (tertiary/aromatic N) is 1. The van der Waals surface area contributed by atoms with Gasteiger partial charge in [0.25, 0.3) is 0 Å². The van der Waals surface area contributed by atoms with Crippen LogP contribution >= 0.6 is 11.6 Å². The summed E-state index contributed by atoms with van der Waals surface area (Å²) in [5, 5.41) is 3.59. The Bertz CT molecular complexity index is 432. The zero-order valence-electron chi connectivity index (χ0n) is 11.2. The number of amides is 2. The smallest absolute Gasteiger partial charge is 0.317 e. The van der Waals surface area contributed by atoms with E-state index in [2.05, 4.69) is 5.32 Å². The highest BCUT2D eigenvalue weighted by Gasteiger charge is 2.29. The van der Waals surface area contributed by atoms with Gasteiger partial charge < -0.3 is 15.0 Å². The minimum absolute atomic E-state index is 0.0430. The monoisotopic (exact) mass is 282 g/mol. The Morgan fingerprint density at radius 3 is 2.63 bits per heavy atom. The van der Waals surface area contributed by atoms with Gasteiger partial charge in [-0.3, -0.25) is 0 Å². The van der Waals surface area contributed by atoms with Crippen LogP contribution in [0.2, 0.25) is 5.02 Å². The Balaban J connectivity index is 1.88. The van der Waals surface area contributed by atoms with Crippen molar-refractivity contribution in [3.05, 3.63) is 34.9 Å². The summed E-state index contributed by atoms with van der Waals surface area (Å²) in [6.07, 6.45) is 2.05. The number of hydrogen-bond acceptors (Lipinski definition) is 2. The quantitative estimate of drug-likeness (QED) is 0.902. The molecule has 1 fully saturated rings. The van der Waals surface area contributed by atoms with E-state index in [-0.39, 0.29) is 12.1 Å². The Labute approximate surface area is 118 Å². The molecule has 0 unspecified atom stereocenters. The maximum absolute atomic E-state index is 11.9. The first-order chi connectivity index (χ1) is 9.11. The molecule has 0 aromatic heterocycles. The molecule has 5 heteroatoms. The van der Waals surface area contributed by atoms with E-state index < -0.39 is 0 Å². The Morgan fingerprint density at radius 1 is 1.47 bits per heavy atom. The van der Waals surface area contributed by atoms with E-state index in [1.54, 1.807) is 12.0 Å². The predicted octanol–water partition coefficient (Wildman–Crippen LogP) is 2.83. The molecule has 0 spiro atoms. The van der Waals surface area contributed by atoms with E-state index in [0.29, 0.717) is 17.6 Å². The first-order valence-electron chi connectivity index (χ1n) is 6.40. The third-order valence-electron chi connectivity index (χ3n) is 3.38. The van der Waals surface area contributed by atoms with Gasteiger partial charge in [0.1, 0.15) is 0 Å². The van der Waals surface area contributed by atoms with Crippen molar-refractivity contribution in [1.82, 2.24) is 10.2 Å². The molecule has 104 valence electrons. The number of nitrogens with one attached hydrogen (secondary N) is 1. The summed E-state index contributed by atoms with van der Waals surface area (Å²) in [7, 11) is 3.47. The molecule has 0 saturated heterocycles. The number of carbonyl (C=O) groups excluding carboxylic acids is 1. The summed E-state index contributed by atoms with van der Waals surface area (Å²) in [5.74, 6) is 0. The molecule has 1 aromatic carbocycles. The van der Waals surface area contributed by atoms with Crippen LogP contribution in [0.1, 0.15) is 24.5 Å². The maximum Gasteiger partial charge on any atom is 0.317 e. The molecular formula is C14H19ClN2O2. The summed E-state index contributed by atoms with van der Waals surface area (Å²) in [6, 6.07) is 7.83. The fourth-order valence-electron chi connectivity index (χ4n) is 1.95. The largest absolute Gasteiger partial charge is 0.375 e. The van der Waals surface area contributed by atoms with Gasteiger partial charge >= 0.3 is 6.03 Å². The van der Waals surface area contributed by atoms with Crippen LogP contribution in [-0.4, -0.2) is 37.7 Å². The molecule has 1 atom stereocenters. The van der Waals surface area contributed by atoms with Crippen molar-refractivity contribution in [3.8, 4) is 0 Å². The lowest BCUT2D eigenvalue weighted by molar-refractivity contribution is 0.102. The summed E-state index contributed by atoms with van der Waals surface area (Å²) < 4.78 is 5.41. The van der Waals surface area contributed by atoms with Crippen molar-refractivity contribution >= 4 is 17.6 Å². The third kappa shape index (κ3) is 3.85. The van der Waals surface area contributed by atoms with E-state index in [1.807, 2.05) is 31.3 Å². The number of methoxy groups -OCH3 is 1. The first kappa shape index (κ1) is 14.2. The molecule has 0 bridgehead atoms. The van der Waals surface area contributed by atoms with Crippen LogP contribution in [-0.2, 0) is 4.74 Å². The SMILES string of the molecule is CO[C@@H](CNC(=O)N(C)C1CC1)c1ccc(Cl)cc1. The average molecular weight is 283 g/mol. The Hall–Kier alpha value is -1.26. The number of carbonyl (C=O) groups is 1. The minimum atomic E-state index is -0.159. The molecule has 4 nitrogen and oxygen atoms in total. The summed E-state index contributed by atoms with van der Waals surface area (Å²) >= 11 is 5.85. The van der Waals surface area contributed by atoms with Gasteiger partial charge in [-0.2, -0.15) is 0 Å². The molecule has 2 amide bonds. The number of hydrogen-bond donors (Lipinski definition) is 1. The second-order valence-electron chi connectivity index (χ2n) is 4.80. The predicted molar refractivity (Wildman–Crippen MR) is 75.4 cm³/mol. The Kier molecular flexibility index (Phi) is 4.66. The van der Waals surface area contributed by atoms with Gasteiger partial charge in [-0.25, -0.2) is 4.79 Å². The number of halogens is 1. The van der Waals surface area contributed by atoms with Crippen molar-refractivity contribution in [2.45, 2.75) is 25.0 Å². The molecule has 0 heterocycles. The van der Waals surface area contributed by atoms with Gasteiger partial charge in [-0.05, 0) is 30.5 Å². The normalized spacial score (nSPS) is 15.9. The van der Waals surface area contributed by atoms with Crippen LogP contribution in [0.15, 0.2) is 24.3 Å². The van der Waals surface area contributed by atoms with Crippen LogP contribution < -0.4 is 5.32 Å². The second kappa shape index (κ2) is 6.26. The number of benzene rings is 1. The molecular weight excluding hydrogens is 264 g/mol. The zero-order valence-corrected chi connectivity index (χ0v) is 12.0. The van der Waals surface area contributed by atoms with Gasteiger partial charge in [-0.15, -0.1) is 0 Å².